The molecule has 0 aliphatic carbocycles. The van der Waals surface area contributed by atoms with Gasteiger partial charge in [0.25, 0.3) is 10.1 Å². The van der Waals surface area contributed by atoms with Crippen LogP contribution in [0.25, 0.3) is 0 Å². The largest absolute Gasteiger partial charge is 0.433 e. The van der Waals surface area contributed by atoms with E-state index in [-0.39, 0.29) is 6.61 Å². The molecule has 1 saturated heterocycles. The van der Waals surface area contributed by atoms with E-state index in [0.717, 1.165) is 19.1 Å². The summed E-state index contributed by atoms with van der Waals surface area (Å²) in [6.45, 7) is 5.73. The van der Waals surface area contributed by atoms with Crippen LogP contribution in [0.2, 0.25) is 0 Å². The van der Waals surface area contributed by atoms with Crippen LogP contribution in [0.5, 0.6) is 0 Å². The first-order chi connectivity index (χ1) is 12.2. The maximum Gasteiger partial charge on any atom is 0.305 e. The van der Waals surface area contributed by atoms with Crippen molar-refractivity contribution in [2.24, 2.45) is 0 Å². The van der Waals surface area contributed by atoms with E-state index in [9.17, 15) is 13.2 Å². The van der Waals surface area contributed by atoms with Crippen molar-refractivity contribution in [2.45, 2.75) is 64.3 Å². The summed E-state index contributed by atoms with van der Waals surface area (Å²) in [7, 11) is -2.19. The highest BCUT2D eigenvalue weighted by Gasteiger charge is 2.51. The van der Waals surface area contributed by atoms with Crippen molar-refractivity contribution in [3.63, 3.8) is 0 Å². The van der Waals surface area contributed by atoms with E-state index in [1.807, 2.05) is 13.8 Å². The molecule has 0 aromatic heterocycles. The summed E-state index contributed by atoms with van der Waals surface area (Å²) in [5, 5.41) is 0. The summed E-state index contributed by atoms with van der Waals surface area (Å²) in [4.78, 5) is 11.4. The lowest BCUT2D eigenvalue weighted by molar-refractivity contribution is -0.197. The molecule has 0 spiro atoms. The number of ether oxygens (including phenoxy) is 5. The minimum absolute atomic E-state index is 0.237. The molecule has 26 heavy (non-hydrogen) atoms. The average molecular weight is 398 g/mol. The SMILES string of the molecule is CCCO[C@H]1[C@@H]([C@@H](COS(C)(=O)=O)OCCC)OC(OC(C)=O)[C@@H]1OC. The molecule has 9 nitrogen and oxygen atoms in total. The van der Waals surface area contributed by atoms with Crippen molar-refractivity contribution in [1.82, 2.24) is 0 Å². The number of esters is 1. The molecule has 154 valence electrons. The number of hydrogen-bond donors (Lipinski definition) is 0. The Morgan fingerprint density at radius 2 is 1.81 bits per heavy atom. The molecule has 1 aliphatic rings. The van der Waals surface area contributed by atoms with E-state index in [0.29, 0.717) is 13.2 Å². The van der Waals surface area contributed by atoms with Crippen LogP contribution >= 0.6 is 0 Å². The lowest BCUT2D eigenvalue weighted by Crippen LogP contribution is -2.45. The third kappa shape index (κ3) is 7.45. The van der Waals surface area contributed by atoms with Gasteiger partial charge in [-0.2, -0.15) is 8.42 Å². The Hall–Kier alpha value is -0.780. The fourth-order valence-electron chi connectivity index (χ4n) is 2.60. The van der Waals surface area contributed by atoms with Crippen molar-refractivity contribution in [3.8, 4) is 0 Å². The molecule has 0 N–H and O–H groups in total. The molecule has 1 heterocycles. The van der Waals surface area contributed by atoms with Gasteiger partial charge in [-0.25, -0.2) is 0 Å². The Labute approximate surface area is 155 Å². The number of carbonyl (C=O) groups excluding carboxylic acids is 1. The van der Waals surface area contributed by atoms with Crippen LogP contribution in [0.3, 0.4) is 0 Å². The molecular formula is C16H30O9S. The van der Waals surface area contributed by atoms with Crippen molar-refractivity contribution in [3.05, 3.63) is 0 Å². The van der Waals surface area contributed by atoms with Crippen molar-refractivity contribution < 1.29 is 41.1 Å². The van der Waals surface area contributed by atoms with Crippen LogP contribution in [-0.4, -0.2) is 78.3 Å². The zero-order valence-electron chi connectivity index (χ0n) is 16.0. The van der Waals surface area contributed by atoms with Gasteiger partial charge in [-0.05, 0) is 12.8 Å². The molecule has 1 unspecified atom stereocenters. The van der Waals surface area contributed by atoms with Gasteiger partial charge in [0.15, 0.2) is 0 Å². The highest BCUT2D eigenvalue weighted by molar-refractivity contribution is 7.85. The van der Waals surface area contributed by atoms with E-state index in [4.69, 9.17) is 27.9 Å². The molecule has 0 radical (unpaired) electrons. The van der Waals surface area contributed by atoms with Crippen LogP contribution in [0, 0.1) is 0 Å². The second-order valence-electron chi connectivity index (χ2n) is 6.01. The predicted molar refractivity (Wildman–Crippen MR) is 92.1 cm³/mol. The van der Waals surface area contributed by atoms with Crippen LogP contribution < -0.4 is 0 Å². The topological polar surface area (TPSA) is 107 Å². The molecule has 0 saturated carbocycles. The zero-order chi connectivity index (χ0) is 19.7. The van der Waals surface area contributed by atoms with Crippen molar-refractivity contribution in [1.29, 1.82) is 0 Å². The van der Waals surface area contributed by atoms with Gasteiger partial charge in [-0.15, -0.1) is 0 Å². The smallest absolute Gasteiger partial charge is 0.305 e. The minimum Gasteiger partial charge on any atom is -0.433 e. The summed E-state index contributed by atoms with van der Waals surface area (Å²) in [5.41, 5.74) is 0. The Balaban J connectivity index is 3.01. The van der Waals surface area contributed by atoms with Gasteiger partial charge in [-0.3, -0.25) is 8.98 Å². The van der Waals surface area contributed by atoms with Gasteiger partial charge in [0, 0.05) is 27.2 Å². The number of methoxy groups -OCH3 is 1. The van der Waals surface area contributed by atoms with Crippen LogP contribution in [0.1, 0.15) is 33.6 Å². The predicted octanol–water partition coefficient (Wildman–Crippen LogP) is 0.856. The fraction of sp³-hybridized carbons (Fsp3) is 0.938. The monoisotopic (exact) mass is 398 g/mol. The molecule has 1 fully saturated rings. The van der Waals surface area contributed by atoms with Gasteiger partial charge >= 0.3 is 5.97 Å². The summed E-state index contributed by atoms with van der Waals surface area (Å²) >= 11 is 0. The Kier molecular flexibility index (Phi) is 9.98. The number of rotatable bonds is 12. The molecule has 1 rings (SSSR count). The third-order valence-corrected chi connectivity index (χ3v) is 4.19. The Morgan fingerprint density at radius 1 is 1.15 bits per heavy atom. The summed E-state index contributed by atoms with van der Waals surface area (Å²) in [6.07, 6.45) is -1.24. The van der Waals surface area contributed by atoms with Crippen molar-refractivity contribution in [2.75, 3.05) is 33.2 Å². The maximum absolute atomic E-state index is 11.4. The van der Waals surface area contributed by atoms with E-state index >= 15 is 0 Å². The molecule has 5 atom stereocenters. The van der Waals surface area contributed by atoms with Gasteiger partial charge in [0.2, 0.25) is 6.29 Å². The summed E-state index contributed by atoms with van der Waals surface area (Å²) < 4.78 is 55.6. The normalized spacial score (nSPS) is 27.4. The zero-order valence-corrected chi connectivity index (χ0v) is 16.8. The molecule has 0 aromatic carbocycles. The highest BCUT2D eigenvalue weighted by atomic mass is 32.2. The van der Waals surface area contributed by atoms with Gasteiger partial charge < -0.3 is 23.7 Å². The first-order valence-electron chi connectivity index (χ1n) is 8.66. The summed E-state index contributed by atoms with van der Waals surface area (Å²) in [6, 6.07) is 0. The Bertz CT molecular complexity index is 522. The van der Waals surface area contributed by atoms with Gasteiger partial charge in [0.05, 0.1) is 12.9 Å². The first-order valence-corrected chi connectivity index (χ1v) is 10.5. The molecule has 0 aromatic rings. The van der Waals surface area contributed by atoms with E-state index in [2.05, 4.69) is 0 Å². The maximum atomic E-state index is 11.4. The molecule has 0 amide bonds. The first kappa shape index (κ1) is 23.3. The van der Waals surface area contributed by atoms with Crippen molar-refractivity contribution >= 4 is 16.1 Å². The molecule has 1 aliphatic heterocycles. The van der Waals surface area contributed by atoms with Gasteiger partial charge in [0.1, 0.15) is 24.4 Å². The second-order valence-corrected chi connectivity index (χ2v) is 7.66. The minimum atomic E-state index is -3.65. The number of hydrogen-bond acceptors (Lipinski definition) is 9. The average Bonchev–Trinajstić information content (AvgIpc) is 2.88. The van der Waals surface area contributed by atoms with Crippen LogP contribution in [0.15, 0.2) is 0 Å². The summed E-state index contributed by atoms with van der Waals surface area (Å²) in [5.74, 6) is -0.523. The van der Waals surface area contributed by atoms with E-state index in [1.165, 1.54) is 14.0 Å². The van der Waals surface area contributed by atoms with Gasteiger partial charge in [-0.1, -0.05) is 13.8 Å². The molecule has 0 bridgehead atoms. The number of carbonyl (C=O) groups is 1. The van der Waals surface area contributed by atoms with Crippen LogP contribution in [-0.2, 0) is 42.8 Å². The highest BCUT2D eigenvalue weighted by Crippen LogP contribution is 2.31. The lowest BCUT2D eigenvalue weighted by atomic mass is 10.1. The standard InChI is InChI=1S/C16H30O9S/c1-6-8-21-12(10-23-26(5,18)19)13-14(22-9-7-2)15(20-4)16(25-13)24-11(3)17/h12-16H,6-10H2,1-5H3/t12-,13-,14+,15-,16?/m1/s1. The second kappa shape index (κ2) is 11.2. The lowest BCUT2D eigenvalue weighted by Gasteiger charge is -2.28. The van der Waals surface area contributed by atoms with E-state index < -0.39 is 46.8 Å². The fourth-order valence-corrected chi connectivity index (χ4v) is 2.98. The third-order valence-electron chi connectivity index (χ3n) is 3.62. The van der Waals surface area contributed by atoms with E-state index in [1.54, 1.807) is 0 Å². The molecule has 10 heteroatoms. The van der Waals surface area contributed by atoms with Crippen LogP contribution in [0.4, 0.5) is 0 Å². The molecular weight excluding hydrogens is 368 g/mol. The Morgan fingerprint density at radius 3 is 2.31 bits per heavy atom. The quantitative estimate of drug-likeness (QED) is 0.349.